The maximum atomic E-state index is 12.3. The first-order valence-electron chi connectivity index (χ1n) is 7.12. The summed E-state index contributed by atoms with van der Waals surface area (Å²) in [5.41, 5.74) is 0. The molecule has 2 amide bonds. The molecule has 1 aliphatic rings. The Balaban J connectivity index is 2.54. The van der Waals surface area contributed by atoms with Crippen LogP contribution in [0.2, 0.25) is 0 Å². The second-order valence-corrected chi connectivity index (χ2v) is 5.98. The summed E-state index contributed by atoms with van der Waals surface area (Å²) in [5, 5.41) is 8.90. The molecule has 0 aromatic rings. The van der Waals surface area contributed by atoms with Crippen LogP contribution in [0.5, 0.6) is 0 Å². The zero-order chi connectivity index (χ0) is 14.4. The van der Waals surface area contributed by atoms with Crippen molar-refractivity contribution in [3.8, 4) is 0 Å². The van der Waals surface area contributed by atoms with Crippen molar-refractivity contribution in [2.75, 3.05) is 26.7 Å². The zero-order valence-electron chi connectivity index (χ0n) is 12.3. The fourth-order valence-corrected chi connectivity index (χ4v) is 2.71. The normalized spacial score (nSPS) is 15.8. The van der Waals surface area contributed by atoms with Gasteiger partial charge in [0.2, 0.25) is 0 Å². The van der Waals surface area contributed by atoms with E-state index in [0.717, 1.165) is 6.54 Å². The van der Waals surface area contributed by atoms with Gasteiger partial charge in [-0.2, -0.15) is 0 Å². The highest BCUT2D eigenvalue weighted by Crippen LogP contribution is 2.25. The van der Waals surface area contributed by atoms with Gasteiger partial charge in [0.1, 0.15) is 6.54 Å². The van der Waals surface area contributed by atoms with E-state index in [0.29, 0.717) is 12.5 Å². The average Bonchev–Trinajstić information content (AvgIpc) is 2.78. The molecule has 0 saturated heterocycles. The Labute approximate surface area is 115 Å². The van der Waals surface area contributed by atoms with Gasteiger partial charge < -0.3 is 14.9 Å². The minimum absolute atomic E-state index is 0.164. The Morgan fingerprint density at radius 1 is 1.26 bits per heavy atom. The van der Waals surface area contributed by atoms with Gasteiger partial charge in [-0.1, -0.05) is 26.7 Å². The van der Waals surface area contributed by atoms with Gasteiger partial charge in [-0.25, -0.2) is 4.79 Å². The summed E-state index contributed by atoms with van der Waals surface area (Å²) in [4.78, 5) is 26.3. The molecule has 0 radical (unpaired) electrons. The number of nitrogens with zero attached hydrogens (tertiary/aromatic N) is 2. The minimum Gasteiger partial charge on any atom is -0.480 e. The molecule has 5 heteroatoms. The van der Waals surface area contributed by atoms with Crippen LogP contribution in [0.15, 0.2) is 0 Å². The molecule has 1 aliphatic carbocycles. The zero-order valence-corrected chi connectivity index (χ0v) is 12.3. The predicted octanol–water partition coefficient (Wildman–Crippen LogP) is 2.27. The lowest BCUT2D eigenvalue weighted by molar-refractivity contribution is -0.137. The van der Waals surface area contributed by atoms with Crippen LogP contribution in [0, 0.1) is 11.8 Å². The molecule has 19 heavy (non-hydrogen) atoms. The van der Waals surface area contributed by atoms with Gasteiger partial charge in [-0.15, -0.1) is 0 Å². The lowest BCUT2D eigenvalue weighted by Gasteiger charge is -2.29. The summed E-state index contributed by atoms with van der Waals surface area (Å²) in [6, 6.07) is -0.164. The first-order valence-corrected chi connectivity index (χ1v) is 7.12. The lowest BCUT2D eigenvalue weighted by atomic mass is 10.1. The highest BCUT2D eigenvalue weighted by atomic mass is 16.4. The van der Waals surface area contributed by atoms with Crippen LogP contribution in [0.3, 0.4) is 0 Å². The molecule has 0 heterocycles. The van der Waals surface area contributed by atoms with Crippen molar-refractivity contribution in [3.05, 3.63) is 0 Å². The monoisotopic (exact) mass is 270 g/mol. The number of carboxylic acids is 1. The molecule has 0 aliphatic heterocycles. The van der Waals surface area contributed by atoms with Gasteiger partial charge in [-0.3, -0.25) is 4.79 Å². The molecule has 5 nitrogen and oxygen atoms in total. The third-order valence-corrected chi connectivity index (χ3v) is 3.52. The molecule has 1 saturated carbocycles. The molecule has 1 N–H and O–H groups in total. The van der Waals surface area contributed by atoms with Crippen LogP contribution in [0.25, 0.3) is 0 Å². The predicted molar refractivity (Wildman–Crippen MR) is 74.0 cm³/mol. The number of aliphatic carboxylic acids is 1. The molecular weight excluding hydrogens is 244 g/mol. The third-order valence-electron chi connectivity index (χ3n) is 3.52. The fraction of sp³-hybridized carbons (Fsp3) is 0.857. The summed E-state index contributed by atoms with van der Waals surface area (Å²) in [5.74, 6) is -0.105. The van der Waals surface area contributed by atoms with Gasteiger partial charge in [0.05, 0.1) is 0 Å². The van der Waals surface area contributed by atoms with Crippen LogP contribution in [0.4, 0.5) is 4.79 Å². The highest BCUT2D eigenvalue weighted by Gasteiger charge is 2.24. The minimum atomic E-state index is -0.955. The number of urea groups is 1. The van der Waals surface area contributed by atoms with E-state index in [4.69, 9.17) is 5.11 Å². The summed E-state index contributed by atoms with van der Waals surface area (Å²) in [7, 11) is 1.77. The Kier molecular flexibility index (Phi) is 6.12. The van der Waals surface area contributed by atoms with Crippen molar-refractivity contribution >= 4 is 12.0 Å². The SMILES string of the molecule is CC(C)CN(CC(=O)O)C(=O)N(C)CC1CCCC1. The first-order chi connectivity index (χ1) is 8.90. The summed E-state index contributed by atoms with van der Waals surface area (Å²) in [6.45, 7) is 4.98. The number of amides is 2. The number of carbonyl (C=O) groups excluding carboxylic acids is 1. The molecule has 0 atom stereocenters. The van der Waals surface area contributed by atoms with E-state index in [-0.39, 0.29) is 18.5 Å². The molecule has 0 spiro atoms. The Morgan fingerprint density at radius 3 is 2.32 bits per heavy atom. The molecule has 0 bridgehead atoms. The van der Waals surface area contributed by atoms with Crippen molar-refractivity contribution in [1.82, 2.24) is 9.80 Å². The van der Waals surface area contributed by atoms with Crippen LogP contribution in [0.1, 0.15) is 39.5 Å². The van der Waals surface area contributed by atoms with Gasteiger partial charge >= 0.3 is 12.0 Å². The molecule has 0 aromatic carbocycles. The molecule has 1 fully saturated rings. The topological polar surface area (TPSA) is 60.9 Å². The van der Waals surface area contributed by atoms with Gasteiger partial charge in [0.15, 0.2) is 0 Å². The number of hydrogen-bond acceptors (Lipinski definition) is 2. The summed E-state index contributed by atoms with van der Waals surface area (Å²) < 4.78 is 0. The molecular formula is C14H26N2O3. The van der Waals surface area contributed by atoms with Gasteiger partial charge in [0.25, 0.3) is 0 Å². The number of carbonyl (C=O) groups is 2. The van der Waals surface area contributed by atoms with E-state index in [9.17, 15) is 9.59 Å². The van der Waals surface area contributed by atoms with E-state index in [1.807, 2.05) is 13.8 Å². The number of carboxylic acid groups (broad SMARTS) is 1. The summed E-state index contributed by atoms with van der Waals surface area (Å²) >= 11 is 0. The van der Waals surface area contributed by atoms with Crippen molar-refractivity contribution in [2.45, 2.75) is 39.5 Å². The highest BCUT2D eigenvalue weighted by molar-refractivity contribution is 5.80. The lowest BCUT2D eigenvalue weighted by Crippen LogP contribution is -2.46. The van der Waals surface area contributed by atoms with E-state index < -0.39 is 5.97 Å². The van der Waals surface area contributed by atoms with Crippen LogP contribution in [-0.2, 0) is 4.79 Å². The van der Waals surface area contributed by atoms with Crippen molar-refractivity contribution in [3.63, 3.8) is 0 Å². The fourth-order valence-electron chi connectivity index (χ4n) is 2.71. The molecule has 110 valence electrons. The summed E-state index contributed by atoms with van der Waals surface area (Å²) in [6.07, 6.45) is 4.86. The second-order valence-electron chi connectivity index (χ2n) is 5.98. The van der Waals surface area contributed by atoms with Gasteiger partial charge in [-0.05, 0) is 24.7 Å². The van der Waals surface area contributed by atoms with Crippen molar-refractivity contribution < 1.29 is 14.7 Å². The second kappa shape index (κ2) is 7.36. The number of rotatable bonds is 6. The maximum absolute atomic E-state index is 12.3. The Bertz CT molecular complexity index is 312. The maximum Gasteiger partial charge on any atom is 0.323 e. The Morgan fingerprint density at radius 2 is 1.84 bits per heavy atom. The van der Waals surface area contributed by atoms with Crippen molar-refractivity contribution in [2.24, 2.45) is 11.8 Å². The third kappa shape index (κ3) is 5.49. The van der Waals surface area contributed by atoms with Crippen LogP contribution in [-0.4, -0.2) is 53.6 Å². The van der Waals surface area contributed by atoms with Crippen LogP contribution >= 0.6 is 0 Å². The van der Waals surface area contributed by atoms with E-state index >= 15 is 0 Å². The van der Waals surface area contributed by atoms with E-state index in [2.05, 4.69) is 0 Å². The Hall–Kier alpha value is -1.26. The van der Waals surface area contributed by atoms with Crippen LogP contribution < -0.4 is 0 Å². The van der Waals surface area contributed by atoms with E-state index in [1.54, 1.807) is 11.9 Å². The molecule has 1 rings (SSSR count). The van der Waals surface area contributed by atoms with Crippen molar-refractivity contribution in [1.29, 1.82) is 0 Å². The largest absolute Gasteiger partial charge is 0.480 e. The van der Waals surface area contributed by atoms with Gasteiger partial charge in [0, 0.05) is 20.1 Å². The van der Waals surface area contributed by atoms with E-state index in [1.165, 1.54) is 30.6 Å². The smallest absolute Gasteiger partial charge is 0.323 e. The quantitative estimate of drug-likeness (QED) is 0.805. The standard InChI is InChI=1S/C14H26N2O3/c1-11(2)8-16(10-13(17)18)14(19)15(3)9-12-6-4-5-7-12/h11-12H,4-10H2,1-3H3,(H,17,18). The molecule has 0 aromatic heterocycles. The average molecular weight is 270 g/mol. The number of hydrogen-bond donors (Lipinski definition) is 1. The molecule has 0 unspecified atom stereocenters. The first kappa shape index (κ1) is 15.8.